The Bertz CT molecular complexity index is 513. The first-order valence-corrected chi connectivity index (χ1v) is 6.07. The van der Waals surface area contributed by atoms with Crippen molar-refractivity contribution in [1.29, 1.82) is 0 Å². The van der Waals surface area contributed by atoms with Crippen molar-refractivity contribution in [3.63, 3.8) is 0 Å². The van der Waals surface area contributed by atoms with E-state index in [4.69, 9.17) is 15.0 Å². The number of hydrogen-bond donors (Lipinski definition) is 2. The van der Waals surface area contributed by atoms with Crippen molar-refractivity contribution in [3.8, 4) is 5.88 Å². The van der Waals surface area contributed by atoms with E-state index in [-0.39, 0.29) is 6.10 Å². The van der Waals surface area contributed by atoms with Crippen molar-refractivity contribution in [2.75, 3.05) is 17.6 Å². The zero-order valence-corrected chi connectivity index (χ0v) is 11.0. The lowest BCUT2D eigenvalue weighted by molar-refractivity contribution is 0.234. The van der Waals surface area contributed by atoms with Gasteiger partial charge in [-0.25, -0.2) is 0 Å². The minimum atomic E-state index is 0.0310. The normalized spacial score (nSPS) is 10.7. The van der Waals surface area contributed by atoms with E-state index in [0.29, 0.717) is 36.2 Å². The van der Waals surface area contributed by atoms with Crippen LogP contribution >= 0.6 is 0 Å². The fraction of sp³-hybridized carbons (Fsp3) is 0.417. The lowest BCUT2D eigenvalue weighted by Crippen LogP contribution is -2.11. The first-order chi connectivity index (χ1) is 9.15. The third-order valence-electron chi connectivity index (χ3n) is 2.29. The highest BCUT2D eigenvalue weighted by Crippen LogP contribution is 2.21. The van der Waals surface area contributed by atoms with E-state index in [9.17, 15) is 0 Å². The Morgan fingerprint density at radius 2 is 2.26 bits per heavy atom. The van der Waals surface area contributed by atoms with Crippen LogP contribution in [0.15, 0.2) is 23.0 Å². The second kappa shape index (κ2) is 6.03. The van der Waals surface area contributed by atoms with E-state index in [2.05, 4.69) is 20.4 Å². The highest BCUT2D eigenvalue weighted by atomic mass is 16.5. The van der Waals surface area contributed by atoms with Crippen LogP contribution < -0.4 is 15.8 Å². The summed E-state index contributed by atoms with van der Waals surface area (Å²) in [5, 5.41) is 6.69. The molecule has 3 N–H and O–H groups in total. The molecule has 0 bridgehead atoms. The molecule has 0 aliphatic rings. The molecular weight excluding hydrogens is 246 g/mol. The molecule has 102 valence electrons. The van der Waals surface area contributed by atoms with Gasteiger partial charge in [-0.3, -0.25) is 0 Å². The smallest absolute Gasteiger partial charge is 0.239 e. The molecule has 0 saturated heterocycles. The highest BCUT2D eigenvalue weighted by Gasteiger charge is 2.06. The zero-order valence-electron chi connectivity index (χ0n) is 11.0. The van der Waals surface area contributed by atoms with Crippen LogP contribution in [0.2, 0.25) is 0 Å². The molecule has 0 aliphatic heterocycles. The number of nitrogens with two attached hydrogens (primary N) is 1. The van der Waals surface area contributed by atoms with Crippen molar-refractivity contribution in [2.45, 2.75) is 26.4 Å². The first kappa shape index (κ1) is 13.1. The van der Waals surface area contributed by atoms with Crippen molar-refractivity contribution < 1.29 is 9.26 Å². The minimum Gasteiger partial charge on any atom is -0.473 e. The Labute approximate surface area is 111 Å². The van der Waals surface area contributed by atoms with E-state index in [1.165, 1.54) is 6.33 Å². The maximum atomic E-state index is 5.80. The quantitative estimate of drug-likeness (QED) is 0.814. The van der Waals surface area contributed by atoms with Crippen molar-refractivity contribution in [3.05, 3.63) is 24.4 Å². The second-order valence-electron chi connectivity index (χ2n) is 4.27. The van der Waals surface area contributed by atoms with Crippen molar-refractivity contribution in [1.82, 2.24) is 15.1 Å². The molecule has 0 unspecified atom stereocenters. The highest BCUT2D eigenvalue weighted by molar-refractivity contribution is 5.53. The number of nitrogens with one attached hydrogen (secondary N) is 1. The molecule has 0 saturated carbocycles. The average Bonchev–Trinajstić information content (AvgIpc) is 2.86. The predicted molar refractivity (Wildman–Crippen MR) is 70.9 cm³/mol. The van der Waals surface area contributed by atoms with Gasteiger partial charge < -0.3 is 20.3 Å². The van der Waals surface area contributed by atoms with Crippen LogP contribution in [0.1, 0.15) is 19.7 Å². The van der Waals surface area contributed by atoms with Crippen LogP contribution in [0.25, 0.3) is 0 Å². The Hall–Kier alpha value is -2.31. The maximum absolute atomic E-state index is 5.80. The fourth-order valence-electron chi connectivity index (χ4n) is 1.47. The van der Waals surface area contributed by atoms with E-state index in [0.717, 1.165) is 0 Å². The van der Waals surface area contributed by atoms with Crippen molar-refractivity contribution >= 4 is 11.5 Å². The van der Waals surface area contributed by atoms with Crippen LogP contribution in [-0.2, 0) is 6.42 Å². The number of nitrogens with zero attached hydrogens (tertiary/aromatic N) is 3. The topological polar surface area (TPSA) is 99.1 Å². The summed E-state index contributed by atoms with van der Waals surface area (Å²) < 4.78 is 10.4. The van der Waals surface area contributed by atoms with E-state index in [1.54, 1.807) is 12.1 Å². The molecule has 0 aromatic carbocycles. The summed E-state index contributed by atoms with van der Waals surface area (Å²) in [6, 6.07) is 3.57. The Balaban J connectivity index is 1.93. The summed E-state index contributed by atoms with van der Waals surface area (Å²) in [4.78, 5) is 8.24. The number of hydrogen-bond acceptors (Lipinski definition) is 7. The summed E-state index contributed by atoms with van der Waals surface area (Å²) in [6.07, 6.45) is 2.04. The lowest BCUT2D eigenvalue weighted by Gasteiger charge is -2.12. The zero-order chi connectivity index (χ0) is 13.7. The third-order valence-corrected chi connectivity index (χ3v) is 2.29. The third kappa shape index (κ3) is 3.84. The number of pyridine rings is 1. The monoisotopic (exact) mass is 263 g/mol. The summed E-state index contributed by atoms with van der Waals surface area (Å²) in [6.45, 7) is 4.49. The maximum Gasteiger partial charge on any atom is 0.239 e. The number of aromatic nitrogens is 3. The van der Waals surface area contributed by atoms with Gasteiger partial charge in [-0.15, -0.1) is 0 Å². The van der Waals surface area contributed by atoms with Gasteiger partial charge in [0, 0.05) is 13.0 Å². The molecular formula is C12H17N5O2. The van der Waals surface area contributed by atoms with Gasteiger partial charge in [0.25, 0.3) is 0 Å². The van der Waals surface area contributed by atoms with Gasteiger partial charge in [0.05, 0.1) is 11.8 Å². The number of nitrogen functional groups attached to an aromatic ring is 1. The molecule has 2 heterocycles. The SMILES string of the molecule is CC(C)Oc1nc(NCCc2ncno2)ccc1N. The van der Waals surface area contributed by atoms with Gasteiger partial charge in [-0.1, -0.05) is 5.16 Å². The molecule has 0 amide bonds. The summed E-state index contributed by atoms with van der Waals surface area (Å²) in [5.41, 5.74) is 6.32. The van der Waals surface area contributed by atoms with Gasteiger partial charge in [-0.05, 0) is 26.0 Å². The van der Waals surface area contributed by atoms with Gasteiger partial charge >= 0.3 is 0 Å². The Kier molecular flexibility index (Phi) is 4.17. The van der Waals surface area contributed by atoms with Gasteiger partial charge in [0.2, 0.25) is 11.8 Å². The van der Waals surface area contributed by atoms with E-state index in [1.807, 2.05) is 13.8 Å². The summed E-state index contributed by atoms with van der Waals surface area (Å²) in [7, 11) is 0. The molecule has 0 radical (unpaired) electrons. The van der Waals surface area contributed by atoms with Crippen LogP contribution in [-0.4, -0.2) is 27.8 Å². The van der Waals surface area contributed by atoms with Crippen LogP contribution in [0.3, 0.4) is 0 Å². The molecule has 2 rings (SSSR count). The van der Waals surface area contributed by atoms with Gasteiger partial charge in [0.1, 0.15) is 5.82 Å². The molecule has 7 heteroatoms. The Morgan fingerprint density at radius 3 is 2.95 bits per heavy atom. The predicted octanol–water partition coefficient (Wildman–Crippen LogP) is 1.49. The first-order valence-electron chi connectivity index (χ1n) is 6.07. The standard InChI is InChI=1S/C12H17N5O2/c1-8(2)18-12-9(13)3-4-10(17-12)14-6-5-11-15-7-16-19-11/h3-4,7-8H,5-6,13H2,1-2H3,(H,14,17). The molecule has 0 aliphatic carbocycles. The lowest BCUT2D eigenvalue weighted by atomic mass is 10.3. The molecule has 0 atom stereocenters. The Morgan fingerprint density at radius 1 is 1.42 bits per heavy atom. The molecule has 19 heavy (non-hydrogen) atoms. The molecule has 0 spiro atoms. The van der Waals surface area contributed by atoms with Crippen LogP contribution in [0, 0.1) is 0 Å². The van der Waals surface area contributed by atoms with E-state index >= 15 is 0 Å². The molecule has 2 aromatic rings. The molecule has 0 fully saturated rings. The van der Waals surface area contributed by atoms with Gasteiger partial charge in [-0.2, -0.15) is 9.97 Å². The number of rotatable bonds is 6. The van der Waals surface area contributed by atoms with E-state index < -0.39 is 0 Å². The van der Waals surface area contributed by atoms with Crippen molar-refractivity contribution in [2.24, 2.45) is 0 Å². The fourth-order valence-corrected chi connectivity index (χ4v) is 1.47. The molecule has 2 aromatic heterocycles. The van der Waals surface area contributed by atoms with Gasteiger partial charge in [0.15, 0.2) is 6.33 Å². The largest absolute Gasteiger partial charge is 0.473 e. The number of anilines is 2. The second-order valence-corrected chi connectivity index (χ2v) is 4.27. The summed E-state index contributed by atoms with van der Waals surface area (Å²) in [5.74, 6) is 1.73. The van der Waals surface area contributed by atoms with Crippen LogP contribution in [0.4, 0.5) is 11.5 Å². The average molecular weight is 263 g/mol. The van der Waals surface area contributed by atoms with Crippen LogP contribution in [0.5, 0.6) is 5.88 Å². The minimum absolute atomic E-state index is 0.0310. The number of ether oxygens (including phenoxy) is 1. The summed E-state index contributed by atoms with van der Waals surface area (Å²) >= 11 is 0. The molecule has 7 nitrogen and oxygen atoms in total.